The van der Waals surface area contributed by atoms with Crippen LogP contribution in [0.1, 0.15) is 46.0 Å². The number of hydrogen-bond acceptors (Lipinski definition) is 2. The third-order valence-electron chi connectivity index (χ3n) is 4.02. The highest BCUT2D eigenvalue weighted by atomic mass is 16.1. The lowest BCUT2D eigenvalue weighted by Gasteiger charge is -2.30. The number of hydrogen-bond donors (Lipinski definition) is 0. The van der Waals surface area contributed by atoms with Gasteiger partial charge in [0.2, 0.25) is 0 Å². The molecule has 1 heterocycles. The molecule has 0 amide bonds. The molecule has 0 bridgehead atoms. The van der Waals surface area contributed by atoms with E-state index >= 15 is 0 Å². The van der Waals surface area contributed by atoms with Crippen LogP contribution in [0.2, 0.25) is 0 Å². The van der Waals surface area contributed by atoms with E-state index in [2.05, 4.69) is 18.7 Å². The van der Waals surface area contributed by atoms with Crippen molar-refractivity contribution in [3.8, 4) is 0 Å². The first-order valence-corrected chi connectivity index (χ1v) is 6.02. The molecule has 2 heteroatoms. The molecule has 2 rings (SSSR count). The summed E-state index contributed by atoms with van der Waals surface area (Å²) in [5.41, 5.74) is 0. The van der Waals surface area contributed by atoms with Gasteiger partial charge in [0.1, 0.15) is 5.78 Å². The molecule has 0 aromatic rings. The summed E-state index contributed by atoms with van der Waals surface area (Å²) in [4.78, 5) is 14.2. The number of rotatable bonds is 2. The number of nitrogens with zero attached hydrogens (tertiary/aromatic N) is 1. The van der Waals surface area contributed by atoms with E-state index in [9.17, 15) is 4.79 Å². The van der Waals surface area contributed by atoms with Gasteiger partial charge in [-0.2, -0.15) is 0 Å². The van der Waals surface area contributed by atoms with E-state index in [0.717, 1.165) is 31.7 Å². The van der Waals surface area contributed by atoms with Crippen LogP contribution in [0, 0.1) is 5.92 Å². The number of carbonyl (C=O) groups is 1. The minimum atomic E-state index is 0.282. The zero-order chi connectivity index (χ0) is 10.1. The molecule has 80 valence electrons. The van der Waals surface area contributed by atoms with E-state index in [4.69, 9.17) is 0 Å². The van der Waals surface area contributed by atoms with Crippen LogP contribution in [-0.4, -0.2) is 29.3 Å². The van der Waals surface area contributed by atoms with E-state index in [0.29, 0.717) is 11.8 Å². The topological polar surface area (TPSA) is 20.3 Å². The molecule has 2 nitrogen and oxygen atoms in total. The van der Waals surface area contributed by atoms with Gasteiger partial charge in [0, 0.05) is 12.5 Å². The second-order valence-corrected chi connectivity index (χ2v) is 4.85. The van der Waals surface area contributed by atoms with E-state index < -0.39 is 0 Å². The molecular weight excluding hydrogens is 174 g/mol. The first kappa shape index (κ1) is 10.2. The predicted octanol–water partition coefficient (Wildman–Crippen LogP) is 2.23. The molecule has 3 unspecified atom stereocenters. The van der Waals surface area contributed by atoms with Crippen molar-refractivity contribution in [2.75, 3.05) is 6.54 Å². The average molecular weight is 195 g/mol. The minimum absolute atomic E-state index is 0.282. The maximum absolute atomic E-state index is 11.7. The average Bonchev–Trinajstić information content (AvgIpc) is 2.71. The lowest BCUT2D eigenvalue weighted by molar-refractivity contribution is -0.122. The Bertz CT molecular complexity index is 226. The summed E-state index contributed by atoms with van der Waals surface area (Å²) in [7, 11) is 0. The fraction of sp³-hybridized carbons (Fsp3) is 0.917. The van der Waals surface area contributed by atoms with Gasteiger partial charge in [-0.25, -0.2) is 0 Å². The maximum atomic E-state index is 11.7. The standard InChI is InChI=1S/C12H21NO/c1-3-10-9(2)7-8-13(10)11-5-4-6-12(11)14/h9-11H,3-8H2,1-2H3. The molecule has 0 radical (unpaired) electrons. The summed E-state index contributed by atoms with van der Waals surface area (Å²) < 4.78 is 0. The highest BCUT2D eigenvalue weighted by Crippen LogP contribution is 2.32. The van der Waals surface area contributed by atoms with Gasteiger partial charge in [0.15, 0.2) is 0 Å². The van der Waals surface area contributed by atoms with Gasteiger partial charge in [0.25, 0.3) is 0 Å². The van der Waals surface area contributed by atoms with Crippen LogP contribution in [0.4, 0.5) is 0 Å². The summed E-state index contributed by atoms with van der Waals surface area (Å²) in [6.07, 6.45) is 5.53. The third kappa shape index (κ3) is 1.60. The van der Waals surface area contributed by atoms with Crippen molar-refractivity contribution >= 4 is 5.78 Å². The third-order valence-corrected chi connectivity index (χ3v) is 4.02. The van der Waals surface area contributed by atoms with Crippen molar-refractivity contribution in [2.24, 2.45) is 5.92 Å². The molecule has 0 aromatic carbocycles. The lowest BCUT2D eigenvalue weighted by atomic mass is 10.00. The van der Waals surface area contributed by atoms with Gasteiger partial charge in [-0.1, -0.05) is 13.8 Å². The largest absolute Gasteiger partial charge is 0.298 e. The highest BCUT2D eigenvalue weighted by molar-refractivity contribution is 5.86. The predicted molar refractivity (Wildman–Crippen MR) is 57.2 cm³/mol. The minimum Gasteiger partial charge on any atom is -0.298 e. The normalized spacial score (nSPS) is 39.6. The molecule has 3 atom stereocenters. The van der Waals surface area contributed by atoms with Crippen LogP contribution in [0.5, 0.6) is 0 Å². The Morgan fingerprint density at radius 2 is 2.21 bits per heavy atom. The molecule has 0 aromatic heterocycles. The fourth-order valence-electron chi connectivity index (χ4n) is 3.21. The number of ketones is 1. The van der Waals surface area contributed by atoms with Crippen molar-refractivity contribution in [1.82, 2.24) is 4.90 Å². The first-order valence-electron chi connectivity index (χ1n) is 6.02. The van der Waals surface area contributed by atoms with Crippen molar-refractivity contribution < 1.29 is 4.79 Å². The molecular formula is C12H21NO. The lowest BCUT2D eigenvalue weighted by Crippen LogP contribution is -2.42. The van der Waals surface area contributed by atoms with Gasteiger partial charge in [-0.3, -0.25) is 9.69 Å². The van der Waals surface area contributed by atoms with E-state index in [1.54, 1.807) is 0 Å². The number of carbonyl (C=O) groups excluding carboxylic acids is 1. The summed E-state index contributed by atoms with van der Waals surface area (Å²) >= 11 is 0. The second-order valence-electron chi connectivity index (χ2n) is 4.85. The number of Topliss-reactive ketones (excluding diaryl/α,β-unsaturated/α-hetero) is 1. The van der Waals surface area contributed by atoms with Gasteiger partial charge in [-0.05, 0) is 38.1 Å². The van der Waals surface area contributed by atoms with Gasteiger partial charge in [-0.15, -0.1) is 0 Å². The summed E-state index contributed by atoms with van der Waals surface area (Å²) in [5, 5.41) is 0. The molecule has 1 aliphatic carbocycles. The Kier molecular flexibility index (Phi) is 2.91. The summed E-state index contributed by atoms with van der Waals surface area (Å²) in [6, 6.07) is 0.951. The van der Waals surface area contributed by atoms with Crippen LogP contribution in [-0.2, 0) is 4.79 Å². The van der Waals surface area contributed by atoms with Crippen LogP contribution >= 0.6 is 0 Å². The van der Waals surface area contributed by atoms with Gasteiger partial charge in [0.05, 0.1) is 6.04 Å². The fourth-order valence-corrected chi connectivity index (χ4v) is 3.21. The van der Waals surface area contributed by atoms with E-state index in [-0.39, 0.29) is 6.04 Å². The SMILES string of the molecule is CCC1C(C)CCN1C1CCCC1=O. The Morgan fingerprint density at radius 3 is 2.79 bits per heavy atom. The van der Waals surface area contributed by atoms with Gasteiger partial charge >= 0.3 is 0 Å². The molecule has 14 heavy (non-hydrogen) atoms. The van der Waals surface area contributed by atoms with Crippen LogP contribution in [0.15, 0.2) is 0 Å². The van der Waals surface area contributed by atoms with Crippen molar-refractivity contribution in [2.45, 2.75) is 58.0 Å². The molecule has 1 saturated carbocycles. The summed E-state index contributed by atoms with van der Waals surface area (Å²) in [5.74, 6) is 1.28. The van der Waals surface area contributed by atoms with Crippen molar-refractivity contribution in [3.63, 3.8) is 0 Å². The van der Waals surface area contributed by atoms with Crippen molar-refractivity contribution in [3.05, 3.63) is 0 Å². The van der Waals surface area contributed by atoms with Crippen LogP contribution in [0.3, 0.4) is 0 Å². The maximum Gasteiger partial charge on any atom is 0.149 e. The molecule has 1 saturated heterocycles. The summed E-state index contributed by atoms with van der Waals surface area (Å²) in [6.45, 7) is 5.72. The Balaban J connectivity index is 2.06. The first-order chi connectivity index (χ1) is 6.74. The second kappa shape index (κ2) is 4.01. The number of likely N-dealkylation sites (tertiary alicyclic amines) is 1. The van der Waals surface area contributed by atoms with Crippen LogP contribution in [0.25, 0.3) is 0 Å². The van der Waals surface area contributed by atoms with E-state index in [1.807, 2.05) is 0 Å². The molecule has 2 aliphatic rings. The monoisotopic (exact) mass is 195 g/mol. The molecule has 1 aliphatic heterocycles. The van der Waals surface area contributed by atoms with Crippen LogP contribution < -0.4 is 0 Å². The van der Waals surface area contributed by atoms with E-state index in [1.165, 1.54) is 12.8 Å². The molecule has 0 spiro atoms. The smallest absolute Gasteiger partial charge is 0.149 e. The Morgan fingerprint density at radius 1 is 1.43 bits per heavy atom. The van der Waals surface area contributed by atoms with Crippen molar-refractivity contribution in [1.29, 1.82) is 0 Å². The molecule has 0 N–H and O–H groups in total. The Labute approximate surface area is 86.7 Å². The zero-order valence-corrected chi connectivity index (χ0v) is 9.33. The molecule has 2 fully saturated rings. The zero-order valence-electron chi connectivity index (χ0n) is 9.33. The Hall–Kier alpha value is -0.370. The highest BCUT2D eigenvalue weighted by Gasteiger charge is 2.39. The van der Waals surface area contributed by atoms with Gasteiger partial charge < -0.3 is 0 Å². The quantitative estimate of drug-likeness (QED) is 0.673.